The lowest BCUT2D eigenvalue weighted by Crippen LogP contribution is -2.24. The van der Waals surface area contributed by atoms with E-state index in [1.54, 1.807) is 6.33 Å². The molecule has 4 heteroatoms. The van der Waals surface area contributed by atoms with Gasteiger partial charge in [-0.2, -0.15) is 0 Å². The molecule has 0 fully saturated rings. The molecule has 0 amide bonds. The average Bonchev–Trinajstić information content (AvgIpc) is 2.39. The van der Waals surface area contributed by atoms with E-state index in [-0.39, 0.29) is 0 Å². The molecule has 1 N–H and O–H groups in total. The average molecular weight is 262 g/mol. The van der Waals surface area contributed by atoms with Crippen molar-refractivity contribution in [2.75, 3.05) is 23.8 Å². The normalized spacial score (nSPS) is 10.3. The molecule has 0 bridgehead atoms. The minimum Gasteiger partial charge on any atom is -0.373 e. The largest absolute Gasteiger partial charge is 0.373 e. The second-order valence-electron chi connectivity index (χ2n) is 4.87. The fraction of sp³-hybridized carbons (Fsp3) is 0.600. The van der Waals surface area contributed by atoms with Crippen molar-refractivity contribution in [3.05, 3.63) is 24.2 Å². The van der Waals surface area contributed by atoms with Crippen LogP contribution in [0.5, 0.6) is 0 Å². The number of allylic oxidation sites excluding steroid dienone is 1. The van der Waals surface area contributed by atoms with Crippen LogP contribution in [0.2, 0.25) is 0 Å². The minimum atomic E-state index is 0.879. The number of anilines is 2. The van der Waals surface area contributed by atoms with Gasteiger partial charge in [-0.05, 0) is 20.3 Å². The molecule has 0 saturated heterocycles. The molecule has 19 heavy (non-hydrogen) atoms. The first-order valence-electron chi connectivity index (χ1n) is 7.04. The number of nitrogens with one attached hydrogen (secondary N) is 1. The van der Waals surface area contributed by atoms with E-state index in [4.69, 9.17) is 0 Å². The van der Waals surface area contributed by atoms with E-state index in [0.29, 0.717) is 0 Å². The van der Waals surface area contributed by atoms with Crippen LogP contribution in [0.3, 0.4) is 0 Å². The van der Waals surface area contributed by atoms with Crippen LogP contribution in [-0.4, -0.2) is 23.6 Å². The monoisotopic (exact) mass is 262 g/mol. The van der Waals surface area contributed by atoms with Crippen LogP contribution in [0.4, 0.5) is 11.6 Å². The second kappa shape index (κ2) is 7.77. The molecule has 0 atom stereocenters. The van der Waals surface area contributed by atoms with Gasteiger partial charge in [0.05, 0.1) is 0 Å². The predicted octanol–water partition coefficient (Wildman–Crippen LogP) is 3.75. The molecule has 106 valence electrons. The summed E-state index contributed by atoms with van der Waals surface area (Å²) in [5, 5.41) is 3.10. The van der Waals surface area contributed by atoms with Crippen LogP contribution in [0, 0.1) is 6.92 Å². The Labute approximate surface area is 117 Å². The Morgan fingerprint density at radius 2 is 2.05 bits per heavy atom. The van der Waals surface area contributed by atoms with Crippen LogP contribution in [0.15, 0.2) is 18.6 Å². The number of hydrogen-bond acceptors (Lipinski definition) is 4. The summed E-state index contributed by atoms with van der Waals surface area (Å²) in [5.41, 5.74) is 2.10. The maximum Gasteiger partial charge on any atom is 0.141 e. The standard InChI is InChI=1S/C15H26N4/c1-6-7-8-9-10-19(12(2)3)15-13(4)14(16-5)17-11-18-15/h11H,2,6-10H2,1,3-5H3,(H,16,17,18). The summed E-state index contributed by atoms with van der Waals surface area (Å²) in [6.07, 6.45) is 6.57. The molecule has 1 aromatic rings. The summed E-state index contributed by atoms with van der Waals surface area (Å²) in [6, 6.07) is 0. The molecule has 0 aliphatic carbocycles. The van der Waals surface area contributed by atoms with Crippen molar-refractivity contribution in [3.8, 4) is 0 Å². The van der Waals surface area contributed by atoms with Gasteiger partial charge in [-0.25, -0.2) is 9.97 Å². The molecule has 0 unspecified atom stereocenters. The Balaban J connectivity index is 2.84. The Bertz CT molecular complexity index is 415. The molecule has 0 aliphatic heterocycles. The van der Waals surface area contributed by atoms with Gasteiger partial charge in [0.15, 0.2) is 0 Å². The molecule has 1 rings (SSSR count). The SMILES string of the molecule is C=C(C)N(CCCCCC)c1ncnc(NC)c1C. The molecule has 4 nitrogen and oxygen atoms in total. The van der Waals surface area contributed by atoms with Gasteiger partial charge in [0, 0.05) is 24.9 Å². The number of aromatic nitrogens is 2. The van der Waals surface area contributed by atoms with Gasteiger partial charge < -0.3 is 10.2 Å². The van der Waals surface area contributed by atoms with Crippen LogP contribution in [-0.2, 0) is 0 Å². The van der Waals surface area contributed by atoms with E-state index < -0.39 is 0 Å². The third-order valence-electron chi connectivity index (χ3n) is 3.25. The highest BCUT2D eigenvalue weighted by Crippen LogP contribution is 2.24. The van der Waals surface area contributed by atoms with E-state index in [0.717, 1.165) is 29.4 Å². The molecular weight excluding hydrogens is 236 g/mol. The molecule has 1 heterocycles. The summed E-state index contributed by atoms with van der Waals surface area (Å²) < 4.78 is 0. The Kier molecular flexibility index (Phi) is 6.33. The zero-order chi connectivity index (χ0) is 14.3. The third-order valence-corrected chi connectivity index (χ3v) is 3.25. The molecule has 1 aromatic heterocycles. The highest BCUT2D eigenvalue weighted by atomic mass is 15.2. The molecular formula is C15H26N4. The maximum atomic E-state index is 4.42. The molecule has 0 aromatic carbocycles. The first-order chi connectivity index (χ1) is 9.11. The topological polar surface area (TPSA) is 41.1 Å². The summed E-state index contributed by atoms with van der Waals surface area (Å²) in [5.74, 6) is 1.84. The van der Waals surface area contributed by atoms with Crippen molar-refractivity contribution in [3.63, 3.8) is 0 Å². The first-order valence-corrected chi connectivity index (χ1v) is 7.04. The Morgan fingerprint density at radius 1 is 1.32 bits per heavy atom. The van der Waals surface area contributed by atoms with Crippen molar-refractivity contribution in [1.29, 1.82) is 0 Å². The zero-order valence-corrected chi connectivity index (χ0v) is 12.7. The summed E-state index contributed by atoms with van der Waals surface area (Å²) in [6.45, 7) is 11.3. The molecule has 0 aliphatic rings. The summed E-state index contributed by atoms with van der Waals surface area (Å²) >= 11 is 0. The number of hydrogen-bond donors (Lipinski definition) is 1. The van der Waals surface area contributed by atoms with Gasteiger partial charge in [-0.3, -0.25) is 0 Å². The van der Waals surface area contributed by atoms with Gasteiger partial charge in [0.2, 0.25) is 0 Å². The highest BCUT2D eigenvalue weighted by molar-refractivity contribution is 5.59. The van der Waals surface area contributed by atoms with E-state index >= 15 is 0 Å². The van der Waals surface area contributed by atoms with Gasteiger partial charge in [0.1, 0.15) is 18.0 Å². The Morgan fingerprint density at radius 3 is 2.63 bits per heavy atom. The van der Waals surface area contributed by atoms with Crippen molar-refractivity contribution < 1.29 is 0 Å². The van der Waals surface area contributed by atoms with Crippen molar-refractivity contribution >= 4 is 11.6 Å². The van der Waals surface area contributed by atoms with Crippen LogP contribution < -0.4 is 10.2 Å². The molecule has 0 spiro atoms. The van der Waals surface area contributed by atoms with Gasteiger partial charge >= 0.3 is 0 Å². The van der Waals surface area contributed by atoms with E-state index in [2.05, 4.69) is 33.7 Å². The highest BCUT2D eigenvalue weighted by Gasteiger charge is 2.14. The van der Waals surface area contributed by atoms with Crippen LogP contribution in [0.25, 0.3) is 0 Å². The van der Waals surface area contributed by atoms with Gasteiger partial charge in [0.25, 0.3) is 0 Å². The zero-order valence-electron chi connectivity index (χ0n) is 12.7. The van der Waals surface area contributed by atoms with Crippen molar-refractivity contribution in [1.82, 2.24) is 9.97 Å². The van der Waals surface area contributed by atoms with Gasteiger partial charge in [-0.1, -0.05) is 32.8 Å². The van der Waals surface area contributed by atoms with E-state index in [1.165, 1.54) is 25.7 Å². The van der Waals surface area contributed by atoms with Gasteiger partial charge in [-0.15, -0.1) is 0 Å². The molecule has 0 radical (unpaired) electrons. The first kappa shape index (κ1) is 15.5. The number of unbranched alkanes of at least 4 members (excludes halogenated alkanes) is 3. The van der Waals surface area contributed by atoms with Crippen molar-refractivity contribution in [2.45, 2.75) is 46.5 Å². The number of rotatable bonds is 8. The predicted molar refractivity (Wildman–Crippen MR) is 82.6 cm³/mol. The fourth-order valence-electron chi connectivity index (χ4n) is 2.14. The van der Waals surface area contributed by atoms with Crippen molar-refractivity contribution in [2.24, 2.45) is 0 Å². The lowest BCUT2D eigenvalue weighted by atomic mass is 10.2. The summed E-state index contributed by atoms with van der Waals surface area (Å²) in [4.78, 5) is 10.8. The van der Waals surface area contributed by atoms with E-state index in [9.17, 15) is 0 Å². The van der Waals surface area contributed by atoms with Crippen LogP contribution in [0.1, 0.15) is 45.1 Å². The Hall–Kier alpha value is -1.58. The number of nitrogens with zero attached hydrogens (tertiary/aromatic N) is 3. The van der Waals surface area contributed by atoms with Crippen LogP contribution >= 0.6 is 0 Å². The fourth-order valence-corrected chi connectivity index (χ4v) is 2.14. The second-order valence-corrected chi connectivity index (χ2v) is 4.87. The molecule has 0 saturated carbocycles. The maximum absolute atomic E-state index is 4.42. The lowest BCUT2D eigenvalue weighted by Gasteiger charge is -2.25. The minimum absolute atomic E-state index is 0.879. The third kappa shape index (κ3) is 4.23. The quantitative estimate of drug-likeness (QED) is 0.724. The summed E-state index contributed by atoms with van der Waals surface area (Å²) in [7, 11) is 1.88. The lowest BCUT2D eigenvalue weighted by molar-refractivity contribution is 0.659. The smallest absolute Gasteiger partial charge is 0.141 e. The van der Waals surface area contributed by atoms with E-state index in [1.807, 2.05) is 20.9 Å².